The Morgan fingerprint density at radius 1 is 1.19 bits per heavy atom. The molecular weight excluding hydrogens is 366 g/mol. The maximum Gasteiger partial charge on any atom is 0.260 e. The van der Waals surface area contributed by atoms with E-state index in [2.05, 4.69) is 9.97 Å². The van der Waals surface area contributed by atoms with Gasteiger partial charge in [0, 0.05) is 32.2 Å². The molecule has 26 heavy (non-hydrogen) atoms. The van der Waals surface area contributed by atoms with Crippen LogP contribution in [0, 0.1) is 11.6 Å². The standard InChI is InChI=1S/C16H18F2N4O3S/c17-13-3-2-12(14(18)9-13)8-16(23)21-4-1-5-22(7-6-21)26(24,25)15-10-19-11-20-15/h2-3,9-11H,1,4-8H2,(H,19,20). The van der Waals surface area contributed by atoms with E-state index in [0.717, 1.165) is 12.1 Å². The van der Waals surface area contributed by atoms with Gasteiger partial charge in [0.1, 0.15) is 11.6 Å². The third kappa shape index (κ3) is 3.91. The predicted octanol–water partition coefficient (Wildman–Crippen LogP) is 1.15. The predicted molar refractivity (Wildman–Crippen MR) is 88.6 cm³/mol. The van der Waals surface area contributed by atoms with Crippen LogP contribution in [0.5, 0.6) is 0 Å². The second-order valence-corrected chi connectivity index (χ2v) is 7.87. The lowest BCUT2D eigenvalue weighted by Gasteiger charge is -2.21. The first-order valence-corrected chi connectivity index (χ1v) is 9.52. The number of rotatable bonds is 4. The quantitative estimate of drug-likeness (QED) is 0.857. The Morgan fingerprint density at radius 2 is 2.00 bits per heavy atom. The molecule has 2 aromatic rings. The van der Waals surface area contributed by atoms with Crippen molar-refractivity contribution in [3.63, 3.8) is 0 Å². The van der Waals surface area contributed by atoms with E-state index >= 15 is 0 Å². The molecule has 0 atom stereocenters. The van der Waals surface area contributed by atoms with Gasteiger partial charge in [-0.3, -0.25) is 4.79 Å². The number of H-pyrrole nitrogens is 1. The van der Waals surface area contributed by atoms with E-state index in [1.807, 2.05) is 0 Å². The number of benzene rings is 1. The van der Waals surface area contributed by atoms with Gasteiger partial charge in [0.15, 0.2) is 5.03 Å². The molecule has 2 heterocycles. The minimum absolute atomic E-state index is 0.00524. The molecular formula is C16H18F2N4O3S. The molecule has 1 aromatic heterocycles. The number of carbonyl (C=O) groups is 1. The summed E-state index contributed by atoms with van der Waals surface area (Å²) < 4.78 is 53.0. The topological polar surface area (TPSA) is 86.4 Å². The Bertz CT molecular complexity index is 887. The van der Waals surface area contributed by atoms with E-state index in [4.69, 9.17) is 0 Å². The van der Waals surface area contributed by atoms with Crippen LogP contribution < -0.4 is 0 Å². The van der Waals surface area contributed by atoms with Crippen molar-refractivity contribution in [3.8, 4) is 0 Å². The summed E-state index contributed by atoms with van der Waals surface area (Å²) in [5.41, 5.74) is 0.114. The molecule has 0 radical (unpaired) electrons. The van der Waals surface area contributed by atoms with E-state index in [1.54, 1.807) is 0 Å². The molecule has 140 valence electrons. The van der Waals surface area contributed by atoms with Crippen molar-refractivity contribution in [2.24, 2.45) is 0 Å². The summed E-state index contributed by atoms with van der Waals surface area (Å²) in [5, 5.41) is 0.00524. The van der Waals surface area contributed by atoms with Gasteiger partial charge in [0.25, 0.3) is 10.0 Å². The van der Waals surface area contributed by atoms with Crippen LogP contribution in [-0.2, 0) is 21.2 Å². The van der Waals surface area contributed by atoms with Gasteiger partial charge in [-0.1, -0.05) is 6.07 Å². The number of aromatic amines is 1. The second kappa shape index (κ2) is 7.50. The zero-order valence-corrected chi connectivity index (χ0v) is 14.7. The van der Waals surface area contributed by atoms with E-state index in [0.29, 0.717) is 13.0 Å². The first kappa shape index (κ1) is 18.5. The largest absolute Gasteiger partial charge is 0.341 e. The fourth-order valence-corrected chi connectivity index (χ4v) is 4.21. The average Bonchev–Trinajstić information content (AvgIpc) is 3.02. The van der Waals surface area contributed by atoms with Crippen molar-refractivity contribution in [2.45, 2.75) is 17.9 Å². The van der Waals surface area contributed by atoms with Crippen LogP contribution in [0.25, 0.3) is 0 Å². The lowest BCUT2D eigenvalue weighted by atomic mass is 10.1. The Labute approximate surface area is 149 Å². The zero-order chi connectivity index (χ0) is 18.7. The van der Waals surface area contributed by atoms with Gasteiger partial charge in [-0.05, 0) is 18.1 Å². The average molecular weight is 384 g/mol. The molecule has 3 rings (SSSR count). The summed E-state index contributed by atoms with van der Waals surface area (Å²) in [6.07, 6.45) is 2.79. The van der Waals surface area contributed by atoms with Gasteiger partial charge in [-0.25, -0.2) is 22.2 Å². The molecule has 1 aliphatic rings. The molecule has 1 N–H and O–H groups in total. The highest BCUT2D eigenvalue weighted by Gasteiger charge is 2.29. The number of hydrogen-bond acceptors (Lipinski definition) is 4. The van der Waals surface area contributed by atoms with Gasteiger partial charge >= 0.3 is 0 Å². The Kier molecular flexibility index (Phi) is 5.33. The molecule has 0 aliphatic carbocycles. The Hall–Kier alpha value is -2.33. The normalized spacial score (nSPS) is 16.5. The first-order chi connectivity index (χ1) is 12.4. The number of nitrogens with one attached hydrogen (secondary N) is 1. The van der Waals surface area contributed by atoms with Crippen molar-refractivity contribution >= 4 is 15.9 Å². The van der Waals surface area contributed by atoms with E-state index in [1.165, 1.54) is 27.8 Å². The van der Waals surface area contributed by atoms with Crippen LogP contribution >= 0.6 is 0 Å². The molecule has 1 amide bonds. The third-order valence-corrected chi connectivity index (χ3v) is 6.08. The molecule has 0 bridgehead atoms. The number of halogens is 2. The monoisotopic (exact) mass is 384 g/mol. The number of nitrogens with zero attached hydrogens (tertiary/aromatic N) is 3. The number of carbonyl (C=O) groups excluding carboxylic acids is 1. The number of aromatic nitrogens is 2. The molecule has 0 saturated carbocycles. The summed E-state index contributed by atoms with van der Waals surface area (Å²) in [7, 11) is -3.69. The highest BCUT2D eigenvalue weighted by atomic mass is 32.2. The highest BCUT2D eigenvalue weighted by molar-refractivity contribution is 7.89. The molecule has 1 aromatic carbocycles. The zero-order valence-electron chi connectivity index (χ0n) is 13.9. The third-order valence-electron chi connectivity index (χ3n) is 4.26. The van der Waals surface area contributed by atoms with Crippen LogP contribution in [0.3, 0.4) is 0 Å². The van der Waals surface area contributed by atoms with E-state index < -0.39 is 21.7 Å². The minimum Gasteiger partial charge on any atom is -0.341 e. The number of amides is 1. The van der Waals surface area contributed by atoms with Crippen molar-refractivity contribution in [1.82, 2.24) is 19.2 Å². The molecule has 0 unspecified atom stereocenters. The smallest absolute Gasteiger partial charge is 0.260 e. The van der Waals surface area contributed by atoms with Crippen molar-refractivity contribution < 1.29 is 22.0 Å². The lowest BCUT2D eigenvalue weighted by molar-refractivity contribution is -0.130. The first-order valence-electron chi connectivity index (χ1n) is 8.08. The van der Waals surface area contributed by atoms with Gasteiger partial charge in [0.05, 0.1) is 18.9 Å². The van der Waals surface area contributed by atoms with Crippen LogP contribution in [0.15, 0.2) is 35.7 Å². The minimum atomic E-state index is -3.69. The highest BCUT2D eigenvalue weighted by Crippen LogP contribution is 2.16. The molecule has 1 saturated heterocycles. The Balaban J connectivity index is 1.66. The van der Waals surface area contributed by atoms with E-state index in [9.17, 15) is 22.0 Å². The van der Waals surface area contributed by atoms with E-state index in [-0.39, 0.29) is 42.6 Å². The summed E-state index contributed by atoms with van der Waals surface area (Å²) in [5.74, 6) is -1.79. The van der Waals surface area contributed by atoms with Crippen molar-refractivity contribution in [3.05, 3.63) is 47.9 Å². The summed E-state index contributed by atoms with van der Waals surface area (Å²) in [6.45, 7) is 0.987. The molecule has 10 heteroatoms. The maximum absolute atomic E-state index is 13.7. The molecule has 7 nitrogen and oxygen atoms in total. The second-order valence-electron chi connectivity index (χ2n) is 5.97. The van der Waals surface area contributed by atoms with Crippen molar-refractivity contribution in [1.29, 1.82) is 0 Å². The summed E-state index contributed by atoms with van der Waals surface area (Å²) in [4.78, 5) is 20.2. The fourth-order valence-electron chi connectivity index (χ4n) is 2.85. The fraction of sp³-hybridized carbons (Fsp3) is 0.375. The summed E-state index contributed by atoms with van der Waals surface area (Å²) in [6, 6.07) is 3.09. The van der Waals surface area contributed by atoms with Gasteiger partial charge in [0.2, 0.25) is 5.91 Å². The summed E-state index contributed by atoms with van der Waals surface area (Å²) >= 11 is 0. The molecule has 1 aliphatic heterocycles. The van der Waals surface area contributed by atoms with Gasteiger partial charge in [-0.2, -0.15) is 4.31 Å². The van der Waals surface area contributed by atoms with Gasteiger partial charge < -0.3 is 9.88 Å². The Morgan fingerprint density at radius 3 is 2.69 bits per heavy atom. The molecule has 0 spiro atoms. The molecule has 1 fully saturated rings. The number of hydrogen-bond donors (Lipinski definition) is 1. The lowest BCUT2D eigenvalue weighted by Crippen LogP contribution is -2.38. The van der Waals surface area contributed by atoms with Crippen molar-refractivity contribution in [2.75, 3.05) is 26.2 Å². The van der Waals surface area contributed by atoms with Crippen LogP contribution in [0.1, 0.15) is 12.0 Å². The van der Waals surface area contributed by atoms with Crippen LogP contribution in [0.2, 0.25) is 0 Å². The van der Waals surface area contributed by atoms with Crippen LogP contribution in [-0.4, -0.2) is 59.7 Å². The van der Waals surface area contributed by atoms with Crippen LogP contribution in [0.4, 0.5) is 8.78 Å². The van der Waals surface area contributed by atoms with Gasteiger partial charge in [-0.15, -0.1) is 0 Å². The number of sulfonamides is 1. The number of imidazole rings is 1. The maximum atomic E-state index is 13.7. The SMILES string of the molecule is O=C(Cc1ccc(F)cc1F)N1CCCN(S(=O)(=O)c2cnc[nH]2)CC1.